The van der Waals surface area contributed by atoms with Gasteiger partial charge in [-0.1, -0.05) is 84.4 Å². The summed E-state index contributed by atoms with van der Waals surface area (Å²) in [4.78, 5) is 26.7. The van der Waals surface area contributed by atoms with Gasteiger partial charge in [-0.25, -0.2) is 9.18 Å². The molecule has 5 heteroatoms. The number of rotatable bonds is 9. The second kappa shape index (κ2) is 11.5. The van der Waals surface area contributed by atoms with E-state index in [-0.39, 0.29) is 17.0 Å². The largest absolute Gasteiger partial charge is 0.478 e. The molecule has 4 rings (SSSR count). The lowest BCUT2D eigenvalue weighted by atomic mass is 9.98. The number of aryl methyl sites for hydroxylation is 2. The van der Waals surface area contributed by atoms with Crippen molar-refractivity contribution in [1.29, 1.82) is 0 Å². The molecule has 0 heterocycles. The van der Waals surface area contributed by atoms with E-state index >= 15 is 0 Å². The van der Waals surface area contributed by atoms with E-state index in [0.717, 1.165) is 29.5 Å². The fraction of sp³-hybridized carbons (Fsp3) is 0.161. The summed E-state index contributed by atoms with van der Waals surface area (Å²) in [6.07, 6.45) is 1.55. The Morgan fingerprint density at radius 2 is 1.50 bits per heavy atom. The van der Waals surface area contributed by atoms with E-state index in [2.05, 4.69) is 12.1 Å². The van der Waals surface area contributed by atoms with Crippen LogP contribution in [0.25, 0.3) is 11.1 Å². The number of aromatic carboxylic acids is 1. The quantitative estimate of drug-likeness (QED) is 0.287. The van der Waals surface area contributed by atoms with Crippen LogP contribution < -0.4 is 0 Å². The standard InChI is InChI=1S/C31H28FNO3/c1-22-13-18-29(32)28(20-22)30(34)33(19-7-10-23-8-3-2-4-9-23)21-24-14-16-25(17-15-24)26-11-5-6-12-27(26)31(35)36/h2-6,8-9,11-18,20H,7,10,19,21H2,1H3,(H,35,36). The van der Waals surface area contributed by atoms with Gasteiger partial charge in [0.25, 0.3) is 5.91 Å². The van der Waals surface area contributed by atoms with Gasteiger partial charge in [-0.05, 0) is 60.2 Å². The summed E-state index contributed by atoms with van der Waals surface area (Å²) in [6, 6.07) is 29.0. The normalized spacial score (nSPS) is 10.7. The van der Waals surface area contributed by atoms with Gasteiger partial charge >= 0.3 is 5.97 Å². The number of carbonyl (C=O) groups is 2. The molecule has 0 spiro atoms. The Balaban J connectivity index is 1.55. The van der Waals surface area contributed by atoms with Gasteiger partial charge in [0.2, 0.25) is 0 Å². The van der Waals surface area contributed by atoms with Crippen molar-refractivity contribution in [3.8, 4) is 11.1 Å². The zero-order valence-corrected chi connectivity index (χ0v) is 20.2. The van der Waals surface area contributed by atoms with Gasteiger partial charge in [0.1, 0.15) is 5.82 Å². The minimum atomic E-state index is -0.981. The molecular formula is C31H28FNO3. The number of carboxylic acid groups (broad SMARTS) is 1. The summed E-state index contributed by atoms with van der Waals surface area (Å²) >= 11 is 0. The number of amides is 1. The van der Waals surface area contributed by atoms with Crippen LogP contribution in [0.15, 0.2) is 97.1 Å². The molecule has 0 radical (unpaired) electrons. The monoisotopic (exact) mass is 481 g/mol. The number of hydrogen-bond donors (Lipinski definition) is 1. The molecule has 0 aliphatic carbocycles. The first-order valence-corrected chi connectivity index (χ1v) is 11.9. The average Bonchev–Trinajstić information content (AvgIpc) is 2.90. The van der Waals surface area contributed by atoms with Crippen molar-refractivity contribution in [2.24, 2.45) is 0 Å². The lowest BCUT2D eigenvalue weighted by Crippen LogP contribution is -2.32. The van der Waals surface area contributed by atoms with Gasteiger partial charge in [0.15, 0.2) is 0 Å². The molecule has 4 nitrogen and oxygen atoms in total. The van der Waals surface area contributed by atoms with Crippen LogP contribution in [0, 0.1) is 12.7 Å². The summed E-state index contributed by atoms with van der Waals surface area (Å²) in [6.45, 7) is 2.64. The second-order valence-electron chi connectivity index (χ2n) is 8.85. The van der Waals surface area contributed by atoms with Crippen LogP contribution >= 0.6 is 0 Å². The topological polar surface area (TPSA) is 57.6 Å². The van der Waals surface area contributed by atoms with Crippen molar-refractivity contribution < 1.29 is 19.1 Å². The minimum Gasteiger partial charge on any atom is -0.478 e. The van der Waals surface area contributed by atoms with Gasteiger partial charge in [-0.3, -0.25) is 4.79 Å². The van der Waals surface area contributed by atoms with Crippen LogP contribution in [0.1, 0.15) is 43.8 Å². The molecule has 4 aromatic rings. The van der Waals surface area contributed by atoms with Crippen molar-refractivity contribution in [1.82, 2.24) is 4.90 Å². The summed E-state index contributed by atoms with van der Waals surface area (Å²) in [5.41, 5.74) is 4.61. The van der Waals surface area contributed by atoms with Gasteiger partial charge in [-0.2, -0.15) is 0 Å². The highest BCUT2D eigenvalue weighted by molar-refractivity contribution is 5.96. The third-order valence-corrected chi connectivity index (χ3v) is 6.17. The lowest BCUT2D eigenvalue weighted by Gasteiger charge is -2.24. The molecule has 0 aliphatic heterocycles. The van der Waals surface area contributed by atoms with Crippen LogP contribution in [0.4, 0.5) is 4.39 Å². The van der Waals surface area contributed by atoms with Crippen molar-refractivity contribution in [3.63, 3.8) is 0 Å². The number of hydrogen-bond acceptors (Lipinski definition) is 2. The molecule has 0 unspecified atom stereocenters. The van der Waals surface area contributed by atoms with Crippen LogP contribution in [0.2, 0.25) is 0 Å². The highest BCUT2D eigenvalue weighted by Crippen LogP contribution is 2.25. The van der Waals surface area contributed by atoms with Gasteiger partial charge in [0.05, 0.1) is 11.1 Å². The van der Waals surface area contributed by atoms with Gasteiger partial charge in [0, 0.05) is 13.1 Å². The van der Waals surface area contributed by atoms with E-state index in [1.54, 1.807) is 41.3 Å². The Labute approximate surface area is 210 Å². The number of benzene rings is 4. The Hall–Kier alpha value is -4.25. The average molecular weight is 482 g/mol. The minimum absolute atomic E-state index is 0.0710. The molecule has 36 heavy (non-hydrogen) atoms. The molecule has 0 fully saturated rings. The van der Waals surface area contributed by atoms with Gasteiger partial charge < -0.3 is 10.0 Å². The first-order valence-electron chi connectivity index (χ1n) is 11.9. The van der Waals surface area contributed by atoms with Crippen LogP contribution in [0.3, 0.4) is 0 Å². The Kier molecular flexibility index (Phi) is 7.91. The maximum absolute atomic E-state index is 14.6. The molecule has 0 saturated heterocycles. The van der Waals surface area contributed by atoms with Crippen LogP contribution in [-0.4, -0.2) is 28.4 Å². The highest BCUT2D eigenvalue weighted by atomic mass is 19.1. The zero-order chi connectivity index (χ0) is 25.5. The van der Waals surface area contributed by atoms with Crippen LogP contribution in [0.5, 0.6) is 0 Å². The number of carbonyl (C=O) groups excluding carboxylic acids is 1. The molecule has 0 atom stereocenters. The predicted molar refractivity (Wildman–Crippen MR) is 139 cm³/mol. The second-order valence-corrected chi connectivity index (χ2v) is 8.85. The van der Waals surface area contributed by atoms with Crippen molar-refractivity contribution in [3.05, 3.63) is 131 Å². The Bertz CT molecular complexity index is 1350. The molecular weight excluding hydrogens is 453 g/mol. The Morgan fingerprint density at radius 1 is 0.806 bits per heavy atom. The summed E-state index contributed by atoms with van der Waals surface area (Å²) in [5.74, 6) is -1.85. The first-order chi connectivity index (χ1) is 17.4. The van der Waals surface area contributed by atoms with E-state index in [4.69, 9.17) is 0 Å². The molecule has 0 aliphatic rings. The van der Waals surface area contributed by atoms with Crippen molar-refractivity contribution in [2.75, 3.05) is 6.54 Å². The highest BCUT2D eigenvalue weighted by Gasteiger charge is 2.20. The van der Waals surface area contributed by atoms with Crippen molar-refractivity contribution >= 4 is 11.9 Å². The molecule has 4 aromatic carbocycles. The number of halogens is 1. The Morgan fingerprint density at radius 3 is 2.22 bits per heavy atom. The van der Waals surface area contributed by atoms with Crippen LogP contribution in [-0.2, 0) is 13.0 Å². The lowest BCUT2D eigenvalue weighted by molar-refractivity contribution is 0.0695. The molecule has 182 valence electrons. The summed E-state index contributed by atoms with van der Waals surface area (Å²) in [7, 11) is 0. The first kappa shape index (κ1) is 24.9. The fourth-order valence-electron chi connectivity index (χ4n) is 4.28. The predicted octanol–water partition coefficient (Wildman–Crippen LogP) is 6.77. The molecule has 0 aromatic heterocycles. The van der Waals surface area contributed by atoms with Gasteiger partial charge in [-0.15, -0.1) is 0 Å². The third kappa shape index (κ3) is 6.05. The van der Waals surface area contributed by atoms with E-state index < -0.39 is 11.8 Å². The van der Waals surface area contributed by atoms with E-state index in [1.807, 2.05) is 49.4 Å². The molecule has 0 bridgehead atoms. The van der Waals surface area contributed by atoms with Crippen molar-refractivity contribution in [2.45, 2.75) is 26.3 Å². The number of carboxylic acids is 1. The molecule has 0 saturated carbocycles. The van der Waals surface area contributed by atoms with E-state index in [0.29, 0.717) is 18.7 Å². The summed E-state index contributed by atoms with van der Waals surface area (Å²) < 4.78 is 14.6. The zero-order valence-electron chi connectivity index (χ0n) is 20.2. The summed E-state index contributed by atoms with van der Waals surface area (Å²) in [5, 5.41) is 9.50. The van der Waals surface area contributed by atoms with E-state index in [1.165, 1.54) is 11.6 Å². The van der Waals surface area contributed by atoms with E-state index in [9.17, 15) is 19.1 Å². The maximum atomic E-state index is 14.6. The third-order valence-electron chi connectivity index (χ3n) is 6.17. The SMILES string of the molecule is Cc1ccc(F)c(C(=O)N(CCCc2ccccc2)Cc2ccc(-c3ccccc3C(=O)O)cc2)c1. The molecule has 1 amide bonds. The fourth-order valence-corrected chi connectivity index (χ4v) is 4.28. The smallest absolute Gasteiger partial charge is 0.336 e. The maximum Gasteiger partial charge on any atom is 0.336 e. The molecule has 1 N–H and O–H groups in total. The number of nitrogens with zero attached hydrogens (tertiary/aromatic N) is 1.